The maximum atomic E-state index is 14.6. The van der Waals surface area contributed by atoms with Gasteiger partial charge >= 0.3 is 0 Å². The van der Waals surface area contributed by atoms with Crippen LogP contribution in [0.1, 0.15) is 29.6 Å². The van der Waals surface area contributed by atoms with Crippen LogP contribution in [-0.4, -0.2) is 33.9 Å². The van der Waals surface area contributed by atoms with Crippen molar-refractivity contribution in [1.82, 2.24) is 9.97 Å². The Kier molecular flexibility index (Phi) is 5.24. The van der Waals surface area contributed by atoms with Crippen LogP contribution in [-0.2, 0) is 0 Å². The molecule has 30 heavy (non-hydrogen) atoms. The molecule has 1 aliphatic rings. The Morgan fingerprint density at radius 3 is 2.87 bits per heavy atom. The Bertz CT molecular complexity index is 1110. The number of hydrogen-bond acceptors (Lipinski definition) is 7. The molecule has 7 nitrogen and oxygen atoms in total. The van der Waals surface area contributed by atoms with Gasteiger partial charge in [0.15, 0.2) is 11.6 Å². The van der Waals surface area contributed by atoms with Gasteiger partial charge in [-0.05, 0) is 31.0 Å². The second-order valence-electron chi connectivity index (χ2n) is 7.14. The molecular formula is C19H19F3N6OS. The Balaban J connectivity index is 1.69. The second kappa shape index (κ2) is 7.73. The number of hydrogen-bond donors (Lipinski definition) is 4. The third-order valence-electron chi connectivity index (χ3n) is 5.12. The van der Waals surface area contributed by atoms with E-state index in [1.54, 1.807) is 17.6 Å². The fourth-order valence-corrected chi connectivity index (χ4v) is 4.28. The van der Waals surface area contributed by atoms with E-state index in [-0.39, 0.29) is 30.0 Å². The average molecular weight is 436 g/mol. The summed E-state index contributed by atoms with van der Waals surface area (Å²) < 4.78 is 43.3. The Morgan fingerprint density at radius 1 is 1.30 bits per heavy atom. The summed E-state index contributed by atoms with van der Waals surface area (Å²) in [6.45, 7) is 0. The third-order valence-corrected chi connectivity index (χ3v) is 6.00. The molecule has 11 heteroatoms. The molecule has 0 unspecified atom stereocenters. The monoisotopic (exact) mass is 436 g/mol. The molecule has 0 spiro atoms. The second-order valence-corrected chi connectivity index (χ2v) is 8.00. The molecule has 2 aromatic heterocycles. The van der Waals surface area contributed by atoms with Gasteiger partial charge in [0.25, 0.3) is 11.8 Å². The predicted octanol–water partition coefficient (Wildman–Crippen LogP) is 3.60. The zero-order valence-corrected chi connectivity index (χ0v) is 16.5. The Labute approximate surface area is 173 Å². The number of primary amides is 1. The summed E-state index contributed by atoms with van der Waals surface area (Å²) in [5.74, 6) is -5.09. The van der Waals surface area contributed by atoms with Crippen molar-refractivity contribution in [2.75, 3.05) is 10.6 Å². The highest BCUT2D eigenvalue weighted by molar-refractivity contribution is 7.17. The maximum Gasteiger partial charge on any atom is 0.264 e. The number of amides is 1. The number of nitrogens with one attached hydrogen (secondary N) is 2. The van der Waals surface area contributed by atoms with Crippen molar-refractivity contribution in [3.63, 3.8) is 0 Å². The Morgan fingerprint density at radius 2 is 2.10 bits per heavy atom. The van der Waals surface area contributed by atoms with Crippen molar-refractivity contribution < 1.29 is 18.0 Å². The number of rotatable bonds is 5. The smallest absolute Gasteiger partial charge is 0.264 e. The van der Waals surface area contributed by atoms with Gasteiger partial charge in [-0.3, -0.25) is 4.79 Å². The number of aromatic nitrogens is 2. The predicted molar refractivity (Wildman–Crippen MR) is 110 cm³/mol. The summed E-state index contributed by atoms with van der Waals surface area (Å²) in [7, 11) is 0. The van der Waals surface area contributed by atoms with Crippen LogP contribution in [0.25, 0.3) is 10.2 Å². The number of benzene rings is 1. The number of alkyl halides is 2. The number of fused-ring (bicyclic) bond motifs is 1. The van der Waals surface area contributed by atoms with E-state index in [0.29, 0.717) is 12.1 Å². The summed E-state index contributed by atoms with van der Waals surface area (Å²) in [6, 6.07) is 3.92. The van der Waals surface area contributed by atoms with Gasteiger partial charge in [-0.15, -0.1) is 11.3 Å². The van der Waals surface area contributed by atoms with Crippen LogP contribution in [0.5, 0.6) is 0 Å². The minimum Gasteiger partial charge on any atom is -0.365 e. The molecule has 1 amide bonds. The first kappa shape index (κ1) is 20.4. The fraction of sp³-hybridized carbons (Fsp3) is 0.316. The van der Waals surface area contributed by atoms with Gasteiger partial charge < -0.3 is 22.1 Å². The summed E-state index contributed by atoms with van der Waals surface area (Å²) in [5.41, 5.74) is 13.9. The molecule has 1 aromatic carbocycles. The van der Waals surface area contributed by atoms with Crippen LogP contribution in [0, 0.1) is 5.82 Å². The zero-order valence-electron chi connectivity index (χ0n) is 15.7. The molecule has 0 saturated heterocycles. The third kappa shape index (κ3) is 3.77. The summed E-state index contributed by atoms with van der Waals surface area (Å²) in [4.78, 5) is 20.2. The molecule has 1 fully saturated rings. The number of halogens is 3. The van der Waals surface area contributed by atoms with Crippen LogP contribution in [0.15, 0.2) is 29.8 Å². The molecule has 4 rings (SSSR count). The van der Waals surface area contributed by atoms with Crippen molar-refractivity contribution >= 4 is 44.8 Å². The van der Waals surface area contributed by atoms with E-state index in [0.717, 1.165) is 16.3 Å². The number of nitrogens with two attached hydrogens (primary N) is 2. The lowest BCUT2D eigenvalue weighted by Gasteiger charge is -2.36. The van der Waals surface area contributed by atoms with E-state index in [1.807, 2.05) is 6.07 Å². The first-order valence-electron chi connectivity index (χ1n) is 9.26. The van der Waals surface area contributed by atoms with Gasteiger partial charge in [0.1, 0.15) is 5.82 Å². The minimum absolute atomic E-state index is 0.00319. The first-order valence-corrected chi connectivity index (χ1v) is 10.1. The highest BCUT2D eigenvalue weighted by Crippen LogP contribution is 2.35. The van der Waals surface area contributed by atoms with Crippen LogP contribution in [0.4, 0.5) is 30.5 Å². The largest absolute Gasteiger partial charge is 0.365 e. The van der Waals surface area contributed by atoms with Gasteiger partial charge in [0.05, 0.1) is 33.0 Å². The van der Waals surface area contributed by atoms with E-state index in [1.165, 1.54) is 11.3 Å². The number of carbonyl (C=O) groups excluding carboxylic acids is 1. The molecule has 0 bridgehead atoms. The van der Waals surface area contributed by atoms with Gasteiger partial charge in [-0.2, -0.15) is 0 Å². The lowest BCUT2D eigenvalue weighted by molar-refractivity contribution is -0.0555. The minimum atomic E-state index is -3.05. The quantitative estimate of drug-likeness (QED) is 0.485. The average Bonchev–Trinajstić information content (AvgIpc) is 3.17. The Hall–Kier alpha value is -2.92. The number of nitrogens with zero attached hydrogens (tertiary/aromatic N) is 2. The molecule has 158 valence electrons. The van der Waals surface area contributed by atoms with Crippen LogP contribution >= 0.6 is 11.3 Å². The molecule has 0 radical (unpaired) electrons. The van der Waals surface area contributed by atoms with Gasteiger partial charge in [0.2, 0.25) is 0 Å². The molecule has 1 aliphatic carbocycles. The van der Waals surface area contributed by atoms with Crippen LogP contribution in [0.2, 0.25) is 0 Å². The van der Waals surface area contributed by atoms with E-state index in [2.05, 4.69) is 20.6 Å². The SMILES string of the molecule is NC(=O)c1cc(F)c(N[C@@H]2CCCC(F)(F)[C@@H]2N)nc1Nc1cccc2ncsc12. The fourth-order valence-electron chi connectivity index (χ4n) is 3.52. The molecule has 1 saturated carbocycles. The summed E-state index contributed by atoms with van der Waals surface area (Å²) >= 11 is 1.38. The lowest BCUT2D eigenvalue weighted by atomic mass is 9.87. The lowest BCUT2D eigenvalue weighted by Crippen LogP contribution is -2.55. The van der Waals surface area contributed by atoms with E-state index in [9.17, 15) is 18.0 Å². The van der Waals surface area contributed by atoms with Crippen LogP contribution < -0.4 is 22.1 Å². The number of thiazole rings is 1. The standard InChI is InChI=1S/C19H19F3N6OS/c20-10-7-9(16(24)29)17(26-12-4-1-3-11-14(12)30-8-25-11)28-18(10)27-13-5-2-6-19(21,22)15(13)23/h1,3-4,7-8,13,15H,2,5-6,23H2,(H2,24,29)(H2,26,27,28)/t13-,15-/m1/s1. The van der Waals surface area contributed by atoms with Crippen molar-refractivity contribution in [2.45, 2.75) is 37.3 Å². The van der Waals surface area contributed by atoms with E-state index < -0.39 is 29.7 Å². The van der Waals surface area contributed by atoms with Crippen molar-refractivity contribution in [2.24, 2.45) is 11.5 Å². The van der Waals surface area contributed by atoms with Gasteiger partial charge in [0, 0.05) is 12.5 Å². The number of pyridine rings is 1. The van der Waals surface area contributed by atoms with E-state index in [4.69, 9.17) is 11.5 Å². The zero-order chi connectivity index (χ0) is 21.5. The normalized spacial score (nSPS) is 20.8. The van der Waals surface area contributed by atoms with Crippen molar-refractivity contribution in [3.8, 4) is 0 Å². The van der Waals surface area contributed by atoms with Gasteiger partial charge in [-0.25, -0.2) is 23.1 Å². The topological polar surface area (TPSA) is 119 Å². The molecular weight excluding hydrogens is 417 g/mol. The molecule has 2 atom stereocenters. The molecule has 3 aromatic rings. The summed E-state index contributed by atoms with van der Waals surface area (Å²) in [6.07, 6.45) is 0.282. The van der Waals surface area contributed by atoms with Crippen LogP contribution in [0.3, 0.4) is 0 Å². The maximum absolute atomic E-state index is 14.6. The van der Waals surface area contributed by atoms with Crippen molar-refractivity contribution in [1.29, 1.82) is 0 Å². The highest BCUT2D eigenvalue weighted by Gasteiger charge is 2.45. The number of anilines is 3. The summed E-state index contributed by atoms with van der Waals surface area (Å²) in [5, 5.41) is 5.67. The number of carbonyl (C=O) groups is 1. The van der Waals surface area contributed by atoms with Gasteiger partial charge in [-0.1, -0.05) is 6.07 Å². The van der Waals surface area contributed by atoms with E-state index >= 15 is 0 Å². The molecule has 6 N–H and O–H groups in total. The first-order chi connectivity index (χ1) is 14.3. The molecule has 0 aliphatic heterocycles. The molecule has 2 heterocycles. The van der Waals surface area contributed by atoms with Crippen molar-refractivity contribution in [3.05, 3.63) is 41.2 Å². The highest BCUT2D eigenvalue weighted by atomic mass is 32.1.